The lowest BCUT2D eigenvalue weighted by Gasteiger charge is -2.24. The third-order valence-corrected chi connectivity index (χ3v) is 5.93. The quantitative estimate of drug-likeness (QED) is 0.396. The van der Waals surface area contributed by atoms with Gasteiger partial charge in [0.25, 0.3) is 5.91 Å². The first kappa shape index (κ1) is 26.5. The fourth-order valence-corrected chi connectivity index (χ4v) is 4.04. The van der Waals surface area contributed by atoms with Gasteiger partial charge in [0.05, 0.1) is 0 Å². The van der Waals surface area contributed by atoms with Crippen molar-refractivity contribution >= 4 is 41.3 Å². The molecule has 1 aliphatic rings. The second kappa shape index (κ2) is 10.8. The fraction of sp³-hybridized carbons (Fsp3) is 0.346. The lowest BCUT2D eigenvalue weighted by Crippen LogP contribution is -2.35. The number of carbonyl (C=O) groups is 3. The molecule has 0 saturated carbocycles. The van der Waals surface area contributed by atoms with Crippen LogP contribution in [0.4, 0.5) is 32.9 Å². The van der Waals surface area contributed by atoms with Crippen molar-refractivity contribution in [2.45, 2.75) is 38.7 Å². The van der Waals surface area contributed by atoms with Crippen molar-refractivity contribution in [2.24, 2.45) is 0 Å². The van der Waals surface area contributed by atoms with Crippen LogP contribution in [0.3, 0.4) is 0 Å². The molecule has 1 aromatic heterocycles. The molecule has 1 aliphatic heterocycles. The molecule has 5 N–H and O–H groups in total. The summed E-state index contributed by atoms with van der Waals surface area (Å²) in [6, 6.07) is 13.6. The number of ether oxygens (including phenoxy) is 1. The second-order valence-corrected chi connectivity index (χ2v) is 9.95. The van der Waals surface area contributed by atoms with Crippen LogP contribution in [0.1, 0.15) is 49.0 Å². The van der Waals surface area contributed by atoms with E-state index in [9.17, 15) is 14.4 Å². The van der Waals surface area contributed by atoms with Crippen LogP contribution in [0.25, 0.3) is 0 Å². The molecule has 0 spiro atoms. The van der Waals surface area contributed by atoms with E-state index in [-0.39, 0.29) is 29.8 Å². The van der Waals surface area contributed by atoms with E-state index in [1.165, 1.54) is 0 Å². The SMILES string of the molecule is CNC(=O)c1ccc(Nc2nc(N)n(C(=O)Nc3ccc(C4CCN(C(=O)OC(C)(C)C)C4)cc3)n2)cc1. The van der Waals surface area contributed by atoms with Crippen LogP contribution in [-0.4, -0.2) is 63.4 Å². The van der Waals surface area contributed by atoms with Crippen molar-refractivity contribution in [3.63, 3.8) is 0 Å². The van der Waals surface area contributed by atoms with Gasteiger partial charge in [0.2, 0.25) is 11.9 Å². The molecular weight excluding hydrogens is 488 g/mol. The normalized spacial score (nSPS) is 15.2. The Hall–Kier alpha value is -4.61. The predicted octanol–water partition coefficient (Wildman–Crippen LogP) is 3.77. The number of hydrogen-bond acceptors (Lipinski definition) is 8. The molecule has 3 aromatic rings. The predicted molar refractivity (Wildman–Crippen MR) is 144 cm³/mol. The van der Waals surface area contributed by atoms with Crippen molar-refractivity contribution in [3.8, 4) is 0 Å². The number of likely N-dealkylation sites (tertiary alicyclic amines) is 1. The first-order valence-electron chi connectivity index (χ1n) is 12.2. The number of anilines is 4. The molecule has 3 amide bonds. The Balaban J connectivity index is 1.34. The summed E-state index contributed by atoms with van der Waals surface area (Å²) in [5, 5.41) is 12.4. The van der Waals surface area contributed by atoms with Gasteiger partial charge < -0.3 is 31.3 Å². The van der Waals surface area contributed by atoms with Gasteiger partial charge >= 0.3 is 12.1 Å². The van der Waals surface area contributed by atoms with Crippen molar-refractivity contribution in [3.05, 3.63) is 59.7 Å². The Kier molecular flexibility index (Phi) is 7.51. The van der Waals surface area contributed by atoms with Gasteiger partial charge in [-0.1, -0.05) is 12.1 Å². The molecule has 12 nitrogen and oxygen atoms in total. The van der Waals surface area contributed by atoms with Crippen LogP contribution in [0, 0.1) is 0 Å². The molecule has 1 saturated heterocycles. The van der Waals surface area contributed by atoms with E-state index in [4.69, 9.17) is 10.5 Å². The minimum Gasteiger partial charge on any atom is -0.444 e. The molecular formula is C26H32N8O4. The summed E-state index contributed by atoms with van der Waals surface area (Å²) in [6.07, 6.45) is 0.536. The summed E-state index contributed by atoms with van der Waals surface area (Å²) in [5.41, 5.74) is 8.15. The highest BCUT2D eigenvalue weighted by molar-refractivity contribution is 5.94. The molecule has 0 aliphatic carbocycles. The maximum atomic E-state index is 12.8. The Labute approximate surface area is 220 Å². The van der Waals surface area contributed by atoms with E-state index in [2.05, 4.69) is 26.0 Å². The Bertz CT molecular complexity index is 1310. The summed E-state index contributed by atoms with van der Waals surface area (Å²) >= 11 is 0. The van der Waals surface area contributed by atoms with Crippen molar-refractivity contribution in [1.29, 1.82) is 0 Å². The number of amides is 3. The van der Waals surface area contributed by atoms with Gasteiger partial charge in [0, 0.05) is 43.0 Å². The molecule has 0 radical (unpaired) electrons. The Morgan fingerprint density at radius 1 is 1.03 bits per heavy atom. The summed E-state index contributed by atoms with van der Waals surface area (Å²) in [7, 11) is 1.56. The molecule has 12 heteroatoms. The summed E-state index contributed by atoms with van der Waals surface area (Å²) < 4.78 is 6.43. The van der Waals surface area contributed by atoms with Gasteiger partial charge in [-0.2, -0.15) is 4.98 Å². The summed E-state index contributed by atoms with van der Waals surface area (Å²) in [5.74, 6) is 0.0458. The zero-order chi connectivity index (χ0) is 27.4. The number of nitrogens with two attached hydrogens (primary N) is 1. The van der Waals surface area contributed by atoms with Crippen LogP contribution in [-0.2, 0) is 4.74 Å². The van der Waals surface area contributed by atoms with Gasteiger partial charge in [-0.3, -0.25) is 4.79 Å². The van der Waals surface area contributed by atoms with E-state index in [1.807, 2.05) is 32.9 Å². The van der Waals surface area contributed by atoms with Gasteiger partial charge in [0.1, 0.15) is 5.60 Å². The molecule has 2 aromatic carbocycles. The number of hydrogen-bond donors (Lipinski definition) is 4. The standard InChI is InChI=1S/C26H32N8O4/c1-26(2,3)38-25(37)33-14-13-18(15-33)16-5-9-20(10-6-16)30-24(36)34-22(27)31-23(32-34)29-19-11-7-17(8-12-19)21(35)28-4/h5-12,18H,13-15H2,1-4H3,(H,28,35)(H,30,36)(H3,27,29,31,32). The molecule has 4 rings (SSSR count). The van der Waals surface area contributed by atoms with Crippen LogP contribution < -0.4 is 21.7 Å². The Morgan fingerprint density at radius 3 is 2.32 bits per heavy atom. The zero-order valence-corrected chi connectivity index (χ0v) is 21.8. The highest BCUT2D eigenvalue weighted by atomic mass is 16.6. The molecule has 1 fully saturated rings. The number of benzene rings is 2. The lowest BCUT2D eigenvalue weighted by molar-refractivity contribution is 0.0292. The van der Waals surface area contributed by atoms with E-state index < -0.39 is 11.6 Å². The number of nitrogens with one attached hydrogen (secondary N) is 3. The topological polar surface area (TPSA) is 156 Å². The monoisotopic (exact) mass is 520 g/mol. The van der Waals surface area contributed by atoms with E-state index in [0.29, 0.717) is 30.0 Å². The maximum Gasteiger partial charge on any atom is 0.410 e. The number of carbonyl (C=O) groups excluding carboxylic acids is 3. The summed E-state index contributed by atoms with van der Waals surface area (Å²) in [4.78, 5) is 42.6. The molecule has 200 valence electrons. The van der Waals surface area contributed by atoms with Crippen molar-refractivity contribution in [2.75, 3.05) is 36.5 Å². The van der Waals surface area contributed by atoms with E-state index in [1.54, 1.807) is 48.3 Å². The Morgan fingerprint density at radius 2 is 1.68 bits per heavy atom. The number of nitrogen functional groups attached to an aromatic ring is 1. The first-order chi connectivity index (χ1) is 18.0. The van der Waals surface area contributed by atoms with Crippen LogP contribution >= 0.6 is 0 Å². The van der Waals surface area contributed by atoms with E-state index in [0.717, 1.165) is 16.7 Å². The average Bonchev–Trinajstić information content (AvgIpc) is 3.51. The number of aromatic nitrogens is 3. The molecule has 1 atom stereocenters. The maximum absolute atomic E-state index is 12.8. The molecule has 38 heavy (non-hydrogen) atoms. The van der Waals surface area contributed by atoms with Crippen LogP contribution in [0.5, 0.6) is 0 Å². The zero-order valence-electron chi connectivity index (χ0n) is 21.8. The van der Waals surface area contributed by atoms with Crippen molar-refractivity contribution < 1.29 is 19.1 Å². The first-order valence-corrected chi connectivity index (χ1v) is 12.2. The highest BCUT2D eigenvalue weighted by Crippen LogP contribution is 2.29. The highest BCUT2D eigenvalue weighted by Gasteiger charge is 2.30. The molecule has 0 bridgehead atoms. The van der Waals surface area contributed by atoms with Gasteiger partial charge in [-0.25, -0.2) is 9.59 Å². The van der Waals surface area contributed by atoms with E-state index >= 15 is 0 Å². The van der Waals surface area contributed by atoms with Gasteiger partial charge in [-0.15, -0.1) is 9.78 Å². The number of nitrogens with zero attached hydrogens (tertiary/aromatic N) is 4. The lowest BCUT2D eigenvalue weighted by atomic mass is 9.98. The minimum atomic E-state index is -0.567. The second-order valence-electron chi connectivity index (χ2n) is 9.95. The van der Waals surface area contributed by atoms with Crippen LogP contribution in [0.15, 0.2) is 48.5 Å². The van der Waals surface area contributed by atoms with Gasteiger partial charge in [0.15, 0.2) is 0 Å². The third-order valence-electron chi connectivity index (χ3n) is 5.93. The summed E-state index contributed by atoms with van der Waals surface area (Å²) in [6.45, 7) is 6.77. The average molecular weight is 521 g/mol. The smallest absolute Gasteiger partial charge is 0.410 e. The van der Waals surface area contributed by atoms with Crippen LogP contribution in [0.2, 0.25) is 0 Å². The fourth-order valence-electron chi connectivity index (χ4n) is 4.04. The molecule has 1 unspecified atom stereocenters. The number of rotatable bonds is 5. The largest absolute Gasteiger partial charge is 0.444 e. The third kappa shape index (κ3) is 6.38. The molecule has 2 heterocycles. The van der Waals surface area contributed by atoms with Crippen molar-refractivity contribution in [1.82, 2.24) is 25.0 Å². The van der Waals surface area contributed by atoms with Gasteiger partial charge in [-0.05, 0) is 69.2 Å². The minimum absolute atomic E-state index is 0.0863.